The van der Waals surface area contributed by atoms with Gasteiger partial charge in [-0.25, -0.2) is 0 Å². The fourth-order valence-electron chi connectivity index (χ4n) is 0.379. The van der Waals surface area contributed by atoms with Crippen molar-refractivity contribution in [2.75, 3.05) is 11.5 Å². The standard InChI is InChI=1S/C6H11NO5S2/c7-3(5(9)10)1-13-14-2-4(8)6(11)12/h3-4,8H,1-2,7H2,(H,9,10)(H,11,12)/p-1/t3-,4?/m0/s1. The van der Waals surface area contributed by atoms with Gasteiger partial charge in [0.25, 0.3) is 0 Å². The number of hydrogen-bond donors (Lipinski definition) is 2. The average molecular weight is 240 g/mol. The van der Waals surface area contributed by atoms with Gasteiger partial charge in [0.15, 0.2) is 0 Å². The first-order chi connectivity index (χ1) is 6.45. The Labute approximate surface area is 88.3 Å². The molecule has 1 unspecified atom stereocenters. The van der Waals surface area contributed by atoms with Crippen LogP contribution < -0.4 is 15.9 Å². The van der Waals surface area contributed by atoms with Crippen LogP contribution >= 0.6 is 21.6 Å². The second-order valence-corrected chi connectivity index (χ2v) is 4.97. The quantitative estimate of drug-likeness (QED) is 0.341. The monoisotopic (exact) mass is 240 g/mol. The van der Waals surface area contributed by atoms with E-state index in [9.17, 15) is 19.8 Å². The van der Waals surface area contributed by atoms with Crippen molar-refractivity contribution in [1.29, 1.82) is 0 Å². The maximum atomic E-state index is 10.2. The zero-order valence-electron chi connectivity index (χ0n) is 7.17. The minimum absolute atomic E-state index is 0.0488. The van der Waals surface area contributed by atoms with Crippen molar-refractivity contribution in [3.05, 3.63) is 0 Å². The molecular weight excluding hydrogens is 230 g/mol. The molecule has 0 saturated heterocycles. The Morgan fingerprint density at radius 1 is 1.21 bits per heavy atom. The second kappa shape index (κ2) is 6.93. The summed E-state index contributed by atoms with van der Waals surface area (Å²) in [4.78, 5) is 20.2. The molecule has 0 aliphatic rings. The van der Waals surface area contributed by atoms with Crippen molar-refractivity contribution in [2.45, 2.75) is 12.1 Å². The maximum absolute atomic E-state index is 10.2. The van der Waals surface area contributed by atoms with E-state index in [0.717, 1.165) is 21.6 Å². The number of carboxylic acid groups (broad SMARTS) is 2. The van der Waals surface area contributed by atoms with Gasteiger partial charge in [0.05, 0.1) is 17.7 Å². The van der Waals surface area contributed by atoms with Gasteiger partial charge in [0.2, 0.25) is 0 Å². The van der Waals surface area contributed by atoms with Crippen LogP contribution in [0.4, 0.5) is 0 Å². The van der Waals surface area contributed by atoms with Crippen molar-refractivity contribution in [2.24, 2.45) is 0 Å². The molecule has 0 spiro atoms. The molecule has 0 aliphatic carbocycles. The molecule has 0 heterocycles. The van der Waals surface area contributed by atoms with Crippen molar-refractivity contribution < 1.29 is 30.6 Å². The van der Waals surface area contributed by atoms with Crippen LogP contribution in [-0.4, -0.2) is 40.7 Å². The highest BCUT2D eigenvalue weighted by molar-refractivity contribution is 8.76. The lowest BCUT2D eigenvalue weighted by molar-refractivity contribution is -0.431. The zero-order valence-corrected chi connectivity index (χ0v) is 8.81. The molecular formula is C6H10NO5S2-. The Balaban J connectivity index is 3.47. The topological polar surface area (TPSA) is 128 Å². The van der Waals surface area contributed by atoms with E-state index >= 15 is 0 Å². The summed E-state index contributed by atoms with van der Waals surface area (Å²) in [6.45, 7) is 0. The summed E-state index contributed by atoms with van der Waals surface area (Å²) in [5.74, 6) is -2.64. The van der Waals surface area contributed by atoms with Gasteiger partial charge in [0, 0.05) is 5.75 Å². The maximum Gasteiger partial charge on any atom is 0.134 e. The van der Waals surface area contributed by atoms with E-state index in [4.69, 9.17) is 5.11 Å². The molecule has 4 N–H and O–H groups in total. The van der Waals surface area contributed by atoms with Crippen LogP contribution in [0, 0.1) is 0 Å². The summed E-state index contributed by atoms with van der Waals surface area (Å²) in [5.41, 5.74) is 3.30. The summed E-state index contributed by atoms with van der Waals surface area (Å²) in [6, 6.07) is -0.840. The number of carboxylic acids is 2. The third-order valence-electron chi connectivity index (χ3n) is 1.18. The lowest BCUT2D eigenvalue weighted by Gasteiger charge is -2.11. The first-order valence-electron chi connectivity index (χ1n) is 3.62. The fraction of sp³-hybridized carbons (Fsp3) is 0.667. The molecule has 0 aromatic carbocycles. The molecule has 82 valence electrons. The smallest absolute Gasteiger partial charge is 0.134 e. The molecule has 0 amide bonds. The number of carbonyl (C=O) groups excluding carboxylic acids is 2. The van der Waals surface area contributed by atoms with Gasteiger partial charge >= 0.3 is 0 Å². The molecule has 0 aromatic heterocycles. The molecule has 0 bridgehead atoms. The third-order valence-corrected chi connectivity index (χ3v) is 3.66. The molecule has 0 radical (unpaired) electrons. The van der Waals surface area contributed by atoms with Gasteiger partial charge in [-0.05, 0) is 0 Å². The van der Waals surface area contributed by atoms with E-state index in [-0.39, 0.29) is 11.5 Å². The number of quaternary nitrogens is 1. The van der Waals surface area contributed by atoms with Gasteiger partial charge in [-0.1, -0.05) is 21.6 Å². The van der Waals surface area contributed by atoms with E-state index in [1.54, 1.807) is 0 Å². The average Bonchev–Trinajstić information content (AvgIpc) is 2.11. The number of aliphatic hydroxyl groups excluding tert-OH is 1. The number of rotatable bonds is 7. The Morgan fingerprint density at radius 3 is 2.14 bits per heavy atom. The lowest BCUT2D eigenvalue weighted by Crippen LogP contribution is -2.69. The summed E-state index contributed by atoms with van der Waals surface area (Å²) < 4.78 is 0. The first-order valence-corrected chi connectivity index (χ1v) is 6.11. The summed E-state index contributed by atoms with van der Waals surface area (Å²) in [7, 11) is 2.17. The van der Waals surface area contributed by atoms with Gasteiger partial charge in [0.1, 0.15) is 12.1 Å². The summed E-state index contributed by atoms with van der Waals surface area (Å²) >= 11 is 0. The molecule has 6 nitrogen and oxygen atoms in total. The predicted molar refractivity (Wildman–Crippen MR) is 47.6 cm³/mol. The normalized spacial score (nSPS) is 14.7. The van der Waals surface area contributed by atoms with Crippen LogP contribution in [0.15, 0.2) is 0 Å². The summed E-state index contributed by atoms with van der Waals surface area (Å²) in [5, 5.41) is 29.0. The minimum atomic E-state index is -1.54. The molecule has 0 aliphatic heterocycles. The number of carbonyl (C=O) groups is 2. The van der Waals surface area contributed by atoms with Crippen molar-refractivity contribution in [1.82, 2.24) is 0 Å². The van der Waals surface area contributed by atoms with Gasteiger partial charge < -0.3 is 30.6 Å². The summed E-state index contributed by atoms with van der Waals surface area (Å²) in [6.07, 6.45) is -1.53. The SMILES string of the molecule is [NH3+][C@@H](CSSCC(O)C(=O)[O-])C(=O)[O-]. The van der Waals surface area contributed by atoms with E-state index in [2.05, 4.69) is 5.73 Å². The molecule has 0 aromatic rings. The van der Waals surface area contributed by atoms with Crippen LogP contribution in [0.2, 0.25) is 0 Å². The second-order valence-electron chi connectivity index (χ2n) is 2.42. The number of hydrogen-bond acceptors (Lipinski definition) is 7. The van der Waals surface area contributed by atoms with Crippen LogP contribution in [-0.2, 0) is 9.59 Å². The van der Waals surface area contributed by atoms with Crippen molar-refractivity contribution >= 4 is 33.5 Å². The van der Waals surface area contributed by atoms with Gasteiger partial charge in [-0.3, -0.25) is 0 Å². The van der Waals surface area contributed by atoms with Crippen LogP contribution in [0.5, 0.6) is 0 Å². The Hall–Kier alpha value is -0.440. The van der Waals surface area contributed by atoms with Crippen LogP contribution in [0.25, 0.3) is 0 Å². The van der Waals surface area contributed by atoms with Gasteiger partial charge in [-0.2, -0.15) is 0 Å². The Bertz CT molecular complexity index is 190. The molecule has 0 saturated carbocycles. The molecule has 8 heteroatoms. The number of aliphatic hydroxyl groups is 1. The molecule has 14 heavy (non-hydrogen) atoms. The first kappa shape index (κ1) is 13.6. The largest absolute Gasteiger partial charge is 0.547 e. The predicted octanol–water partition coefficient (Wildman–Crippen LogP) is -4.16. The molecule has 0 fully saturated rings. The number of aliphatic carboxylic acids is 2. The third kappa shape index (κ3) is 6.08. The molecule has 2 atom stereocenters. The van der Waals surface area contributed by atoms with Gasteiger partial charge in [-0.15, -0.1) is 0 Å². The Morgan fingerprint density at radius 2 is 1.71 bits per heavy atom. The van der Waals surface area contributed by atoms with E-state index in [1.165, 1.54) is 0 Å². The molecule has 0 rings (SSSR count). The lowest BCUT2D eigenvalue weighted by atomic mass is 10.4. The highest BCUT2D eigenvalue weighted by atomic mass is 33.1. The zero-order chi connectivity index (χ0) is 11.1. The highest BCUT2D eigenvalue weighted by Crippen LogP contribution is 2.21. The Kier molecular flexibility index (Phi) is 6.71. The highest BCUT2D eigenvalue weighted by Gasteiger charge is 2.09. The van der Waals surface area contributed by atoms with E-state index in [0.29, 0.717) is 0 Å². The minimum Gasteiger partial charge on any atom is -0.547 e. The van der Waals surface area contributed by atoms with Crippen LogP contribution in [0.1, 0.15) is 0 Å². The van der Waals surface area contributed by atoms with E-state index < -0.39 is 24.1 Å². The van der Waals surface area contributed by atoms with Crippen LogP contribution in [0.3, 0.4) is 0 Å². The van der Waals surface area contributed by atoms with Crippen molar-refractivity contribution in [3.63, 3.8) is 0 Å². The van der Waals surface area contributed by atoms with Crippen molar-refractivity contribution in [3.8, 4) is 0 Å². The van der Waals surface area contributed by atoms with E-state index in [1.807, 2.05) is 0 Å². The fourth-order valence-corrected chi connectivity index (χ4v) is 2.59.